The fraction of sp³-hybridized carbons (Fsp3) is 0.227. The highest BCUT2D eigenvalue weighted by Crippen LogP contribution is 2.35. The summed E-state index contributed by atoms with van der Waals surface area (Å²) in [7, 11) is 5.22. The average molecular weight is 440 g/mol. The van der Waals surface area contributed by atoms with Gasteiger partial charge in [0.15, 0.2) is 0 Å². The standard InChI is InChI=1S/C22H22ClN5O3/c1-13-20(17-7-6-16(23)10-19(17)30-4)26-28(3)21(13)25-22(29)31-12-14-5-8-18-15(9-14)11-24-27(18)2/h5-11H,12H2,1-4H3,(H,25,29). The summed E-state index contributed by atoms with van der Waals surface area (Å²) in [5.41, 5.74) is 4.16. The molecule has 0 aliphatic rings. The van der Waals surface area contributed by atoms with E-state index in [0.29, 0.717) is 22.3 Å². The highest BCUT2D eigenvalue weighted by molar-refractivity contribution is 6.30. The van der Waals surface area contributed by atoms with Gasteiger partial charge in [-0.05, 0) is 42.8 Å². The number of benzene rings is 2. The molecule has 0 aliphatic carbocycles. The van der Waals surface area contributed by atoms with Crippen molar-refractivity contribution in [1.82, 2.24) is 19.6 Å². The van der Waals surface area contributed by atoms with Crippen LogP contribution in [0.25, 0.3) is 22.2 Å². The molecule has 0 saturated heterocycles. The van der Waals surface area contributed by atoms with Crippen LogP contribution >= 0.6 is 11.6 Å². The number of carbonyl (C=O) groups excluding carboxylic acids is 1. The molecule has 0 aliphatic heterocycles. The van der Waals surface area contributed by atoms with Crippen LogP contribution in [-0.4, -0.2) is 32.8 Å². The Balaban J connectivity index is 1.49. The Morgan fingerprint density at radius 2 is 1.97 bits per heavy atom. The summed E-state index contributed by atoms with van der Waals surface area (Å²) < 4.78 is 14.2. The number of amides is 1. The third-order valence-corrected chi connectivity index (χ3v) is 5.34. The summed E-state index contributed by atoms with van der Waals surface area (Å²) in [6, 6.07) is 11.2. The highest BCUT2D eigenvalue weighted by atomic mass is 35.5. The second-order valence-electron chi connectivity index (χ2n) is 7.15. The number of halogens is 1. The molecule has 160 valence electrons. The van der Waals surface area contributed by atoms with Crippen molar-refractivity contribution in [2.75, 3.05) is 12.4 Å². The lowest BCUT2D eigenvalue weighted by Gasteiger charge is -2.09. The van der Waals surface area contributed by atoms with Crippen molar-refractivity contribution < 1.29 is 14.3 Å². The number of rotatable bonds is 5. The van der Waals surface area contributed by atoms with Crippen LogP contribution in [0.5, 0.6) is 5.75 Å². The van der Waals surface area contributed by atoms with E-state index < -0.39 is 6.09 Å². The van der Waals surface area contributed by atoms with E-state index >= 15 is 0 Å². The van der Waals surface area contributed by atoms with Crippen LogP contribution in [0.3, 0.4) is 0 Å². The van der Waals surface area contributed by atoms with Crippen LogP contribution in [0.1, 0.15) is 11.1 Å². The van der Waals surface area contributed by atoms with Crippen molar-refractivity contribution in [2.24, 2.45) is 14.1 Å². The zero-order valence-electron chi connectivity index (χ0n) is 17.6. The van der Waals surface area contributed by atoms with Crippen molar-refractivity contribution in [1.29, 1.82) is 0 Å². The van der Waals surface area contributed by atoms with Crippen LogP contribution in [0.4, 0.5) is 10.6 Å². The molecule has 9 heteroatoms. The molecule has 31 heavy (non-hydrogen) atoms. The smallest absolute Gasteiger partial charge is 0.413 e. The molecule has 0 saturated carbocycles. The van der Waals surface area contributed by atoms with Crippen LogP contribution in [0.2, 0.25) is 5.02 Å². The molecule has 4 rings (SSSR count). The average Bonchev–Trinajstić information content (AvgIpc) is 3.26. The van der Waals surface area contributed by atoms with E-state index in [0.717, 1.165) is 27.6 Å². The fourth-order valence-electron chi connectivity index (χ4n) is 3.51. The molecule has 0 atom stereocenters. The maximum atomic E-state index is 12.4. The first-order valence-corrected chi connectivity index (χ1v) is 9.97. The number of aryl methyl sites for hydroxylation is 2. The molecule has 2 aromatic heterocycles. The van der Waals surface area contributed by atoms with E-state index in [4.69, 9.17) is 21.1 Å². The van der Waals surface area contributed by atoms with E-state index in [1.165, 1.54) is 0 Å². The number of hydrogen-bond acceptors (Lipinski definition) is 5. The van der Waals surface area contributed by atoms with Crippen LogP contribution in [-0.2, 0) is 25.4 Å². The van der Waals surface area contributed by atoms with E-state index in [1.54, 1.807) is 41.9 Å². The summed E-state index contributed by atoms with van der Waals surface area (Å²) in [4.78, 5) is 12.4. The van der Waals surface area contributed by atoms with Gasteiger partial charge in [-0.15, -0.1) is 0 Å². The first-order chi connectivity index (χ1) is 14.9. The predicted molar refractivity (Wildman–Crippen MR) is 119 cm³/mol. The van der Waals surface area contributed by atoms with Crippen LogP contribution in [0, 0.1) is 6.92 Å². The number of methoxy groups -OCH3 is 1. The van der Waals surface area contributed by atoms with Crippen LogP contribution in [0.15, 0.2) is 42.6 Å². The Bertz CT molecular complexity index is 1280. The monoisotopic (exact) mass is 439 g/mol. The minimum Gasteiger partial charge on any atom is -0.496 e. The number of ether oxygens (including phenoxy) is 2. The molecule has 8 nitrogen and oxygen atoms in total. The number of nitrogens with zero attached hydrogens (tertiary/aromatic N) is 4. The first-order valence-electron chi connectivity index (χ1n) is 9.59. The number of fused-ring (bicyclic) bond motifs is 1. The zero-order chi connectivity index (χ0) is 22.1. The Kier molecular flexibility index (Phi) is 5.56. The molecule has 1 N–H and O–H groups in total. The van der Waals surface area contributed by atoms with E-state index in [1.807, 2.05) is 38.2 Å². The van der Waals surface area contributed by atoms with Gasteiger partial charge in [0.05, 0.1) is 18.8 Å². The van der Waals surface area contributed by atoms with Gasteiger partial charge >= 0.3 is 6.09 Å². The second-order valence-corrected chi connectivity index (χ2v) is 7.59. The molecule has 4 aromatic rings. The minimum absolute atomic E-state index is 0.144. The van der Waals surface area contributed by atoms with Gasteiger partial charge < -0.3 is 9.47 Å². The Morgan fingerprint density at radius 3 is 2.74 bits per heavy atom. The van der Waals surface area contributed by atoms with E-state index in [-0.39, 0.29) is 6.61 Å². The molecule has 2 heterocycles. The normalized spacial score (nSPS) is 11.0. The van der Waals surface area contributed by atoms with Gasteiger partial charge in [-0.1, -0.05) is 17.7 Å². The van der Waals surface area contributed by atoms with Gasteiger partial charge in [0, 0.05) is 35.6 Å². The summed E-state index contributed by atoms with van der Waals surface area (Å²) in [5, 5.41) is 13.1. The lowest BCUT2D eigenvalue weighted by molar-refractivity contribution is 0.155. The predicted octanol–water partition coefficient (Wildman–Crippen LogP) is 4.69. The lowest BCUT2D eigenvalue weighted by Crippen LogP contribution is -2.16. The Morgan fingerprint density at radius 1 is 1.16 bits per heavy atom. The minimum atomic E-state index is -0.563. The number of carbonyl (C=O) groups is 1. The van der Waals surface area contributed by atoms with Crippen molar-refractivity contribution >= 4 is 34.4 Å². The summed E-state index contributed by atoms with van der Waals surface area (Å²) in [6.07, 6.45) is 1.22. The topological polar surface area (TPSA) is 83.2 Å². The zero-order valence-corrected chi connectivity index (χ0v) is 18.4. The molecule has 0 unspecified atom stereocenters. The van der Waals surface area contributed by atoms with Crippen molar-refractivity contribution in [2.45, 2.75) is 13.5 Å². The van der Waals surface area contributed by atoms with Crippen molar-refractivity contribution in [3.63, 3.8) is 0 Å². The molecular formula is C22H22ClN5O3. The second kappa shape index (κ2) is 8.31. The van der Waals surface area contributed by atoms with Gasteiger partial charge in [-0.25, -0.2) is 4.79 Å². The summed E-state index contributed by atoms with van der Waals surface area (Å²) in [5.74, 6) is 1.15. The third-order valence-electron chi connectivity index (χ3n) is 5.10. The van der Waals surface area contributed by atoms with Gasteiger partial charge in [0.2, 0.25) is 0 Å². The van der Waals surface area contributed by atoms with Gasteiger partial charge in [0.25, 0.3) is 0 Å². The molecule has 0 spiro atoms. The van der Waals surface area contributed by atoms with E-state index in [9.17, 15) is 4.79 Å². The SMILES string of the molecule is COc1cc(Cl)ccc1-c1nn(C)c(NC(=O)OCc2ccc3c(cnn3C)c2)c1C. The molecule has 0 radical (unpaired) electrons. The molecular weight excluding hydrogens is 418 g/mol. The third kappa shape index (κ3) is 4.06. The molecule has 1 amide bonds. The summed E-state index contributed by atoms with van der Waals surface area (Å²) >= 11 is 6.06. The van der Waals surface area contributed by atoms with Gasteiger partial charge in [0.1, 0.15) is 23.9 Å². The lowest BCUT2D eigenvalue weighted by atomic mass is 10.1. The number of nitrogens with one attached hydrogen (secondary N) is 1. The maximum Gasteiger partial charge on any atom is 0.413 e. The number of aromatic nitrogens is 4. The molecule has 2 aromatic carbocycles. The van der Waals surface area contributed by atoms with Crippen molar-refractivity contribution in [3.05, 3.63) is 58.7 Å². The molecule has 0 bridgehead atoms. The number of anilines is 1. The quantitative estimate of drug-likeness (QED) is 0.487. The summed E-state index contributed by atoms with van der Waals surface area (Å²) in [6.45, 7) is 2.02. The molecule has 0 fully saturated rings. The van der Waals surface area contributed by atoms with Gasteiger partial charge in [-0.3, -0.25) is 14.7 Å². The van der Waals surface area contributed by atoms with Crippen molar-refractivity contribution in [3.8, 4) is 17.0 Å². The largest absolute Gasteiger partial charge is 0.496 e. The Hall–Kier alpha value is -3.52. The van der Waals surface area contributed by atoms with Crippen LogP contribution < -0.4 is 10.1 Å². The maximum absolute atomic E-state index is 12.4. The fourth-order valence-corrected chi connectivity index (χ4v) is 3.67. The first kappa shape index (κ1) is 20.7. The highest BCUT2D eigenvalue weighted by Gasteiger charge is 2.19. The van der Waals surface area contributed by atoms with Gasteiger partial charge in [-0.2, -0.15) is 10.2 Å². The number of hydrogen-bond donors (Lipinski definition) is 1. The van der Waals surface area contributed by atoms with E-state index in [2.05, 4.69) is 15.5 Å². The Labute approximate surface area is 184 Å².